The average Bonchev–Trinajstić information content (AvgIpc) is 3.35. The predicted octanol–water partition coefficient (Wildman–Crippen LogP) is 17.9. The standard InChI is InChI=1S/C27H21NO3S.C15H15N.C12H7BrO3S.CH4.H8P6/c1-27(2)19-9-3-5-11-21(19)28(22-12-6-4-10-20(22)27)18-15-16-26-24(17-18)31-23-13-7-8-14-25(23)32(26,29)30;1-15(2)11-7-3-5-9-13(11)16-14-10-6-4-8-12(14)15;13-8-5-6-12-10(7-8)16-9-3-1-2-4-11(9)17(12,14)15;;1-5(2)6(3)4/h3-17H,1-2H3;3-10,16H,1-2H3;1-7H;1H4;1-4H2. The van der Waals surface area contributed by atoms with Gasteiger partial charge in [0.25, 0.3) is 0 Å². The minimum Gasteiger partial charge on any atom is -0.455 e. The molecule has 4 aliphatic rings. The van der Waals surface area contributed by atoms with Gasteiger partial charge in [-0.2, -0.15) is 0 Å². The first-order valence-electron chi connectivity index (χ1n) is 22.3. The molecule has 17 heteroatoms. The number of hydrogen-bond donors (Lipinski definition) is 1. The molecule has 8 aromatic carbocycles. The number of sulfone groups is 2. The summed E-state index contributed by atoms with van der Waals surface area (Å²) in [5.41, 5.74) is 10.6. The number of hydrogen-bond acceptors (Lipinski definition) is 8. The highest BCUT2D eigenvalue weighted by Crippen LogP contribution is 2.86. The zero-order chi connectivity index (χ0) is 50.5. The lowest BCUT2D eigenvalue weighted by molar-refractivity contribution is 0.442. The van der Waals surface area contributed by atoms with Crippen LogP contribution in [0.15, 0.2) is 206 Å². The number of nitrogens with zero attached hydrogens (tertiary/aromatic N) is 1. The molecule has 4 atom stereocenters. The van der Waals surface area contributed by atoms with Crippen molar-refractivity contribution in [2.75, 3.05) is 10.2 Å². The third kappa shape index (κ3) is 10.3. The van der Waals surface area contributed by atoms with E-state index in [1.54, 1.807) is 72.8 Å². The second-order valence-electron chi connectivity index (χ2n) is 17.9. The summed E-state index contributed by atoms with van der Waals surface area (Å²) < 4.78 is 63.4. The first-order valence-corrected chi connectivity index (χ1v) is 36.0. The van der Waals surface area contributed by atoms with Crippen molar-refractivity contribution in [3.8, 4) is 23.0 Å². The van der Waals surface area contributed by atoms with Crippen LogP contribution in [0.3, 0.4) is 0 Å². The van der Waals surface area contributed by atoms with E-state index in [2.05, 4.69) is 174 Å². The molecule has 0 bridgehead atoms. The van der Waals surface area contributed by atoms with E-state index in [0.717, 1.165) is 21.5 Å². The predicted molar refractivity (Wildman–Crippen MR) is 319 cm³/mol. The van der Waals surface area contributed by atoms with Gasteiger partial charge in [-0.3, -0.25) is 0 Å². The van der Waals surface area contributed by atoms with E-state index < -0.39 is 19.7 Å². The van der Waals surface area contributed by atoms with Gasteiger partial charge in [0.1, 0.15) is 42.6 Å². The number of para-hydroxylation sites is 6. The van der Waals surface area contributed by atoms with Crippen LogP contribution in [0, 0.1) is 0 Å². The van der Waals surface area contributed by atoms with Gasteiger partial charge in [-0.1, -0.05) is 148 Å². The normalized spacial score (nSPS) is 15.6. The van der Waals surface area contributed by atoms with Gasteiger partial charge in [0.05, 0.1) is 11.4 Å². The van der Waals surface area contributed by atoms with Gasteiger partial charge in [0.15, 0.2) is 0 Å². The second kappa shape index (κ2) is 21.6. The highest BCUT2D eigenvalue weighted by molar-refractivity contribution is 9.10. The third-order valence-electron chi connectivity index (χ3n) is 12.8. The van der Waals surface area contributed by atoms with Crippen LogP contribution in [0.2, 0.25) is 0 Å². The molecule has 8 aromatic rings. The van der Waals surface area contributed by atoms with Crippen molar-refractivity contribution in [2.24, 2.45) is 0 Å². The lowest BCUT2D eigenvalue weighted by atomic mass is 9.73. The van der Waals surface area contributed by atoms with Gasteiger partial charge >= 0.3 is 0 Å². The van der Waals surface area contributed by atoms with Crippen molar-refractivity contribution < 1.29 is 26.3 Å². The number of rotatable bonds is 2. The number of anilines is 5. The Morgan fingerprint density at radius 1 is 0.458 bits per heavy atom. The molecule has 0 saturated carbocycles. The summed E-state index contributed by atoms with van der Waals surface area (Å²) in [5, 5.41) is 3.50. The van der Waals surface area contributed by atoms with Crippen molar-refractivity contribution >= 4 is 114 Å². The smallest absolute Gasteiger partial charge is 0.213 e. The SMILES string of the molecule is C.CC1(C)c2ccccc2N(c2ccc3c(c2)Oc2ccccc2S3(=O)=O)c2ccccc21.CC1(C)c2ccccc2Nc2ccccc21.O=S1(=O)c2ccccc2Oc2cc(Br)ccc21.PP(P)P(P)P. The van der Waals surface area contributed by atoms with E-state index in [4.69, 9.17) is 9.47 Å². The molecular formula is C55H55BrN2O6P6S2. The van der Waals surface area contributed by atoms with E-state index in [1.165, 1.54) is 33.6 Å². The minimum absolute atomic E-state index is 0. The molecule has 0 radical (unpaired) electrons. The molecule has 72 heavy (non-hydrogen) atoms. The van der Waals surface area contributed by atoms with E-state index in [0.29, 0.717) is 23.0 Å². The molecule has 4 aliphatic heterocycles. The zero-order valence-electron chi connectivity index (χ0n) is 39.1. The summed E-state index contributed by atoms with van der Waals surface area (Å²) in [7, 11) is 4.06. The van der Waals surface area contributed by atoms with Gasteiger partial charge in [-0.05, 0) is 115 Å². The fourth-order valence-corrected chi connectivity index (χ4v) is 12.5. The minimum atomic E-state index is -3.63. The largest absolute Gasteiger partial charge is 0.455 e. The van der Waals surface area contributed by atoms with Crippen LogP contribution < -0.4 is 19.7 Å². The van der Waals surface area contributed by atoms with Crippen LogP contribution in [0.5, 0.6) is 23.0 Å². The molecule has 1 N–H and O–H groups in total. The number of halogens is 1. The highest BCUT2D eigenvalue weighted by Gasteiger charge is 2.38. The topological polar surface area (TPSA) is 102 Å². The monoisotopic (exact) mass is 1170 g/mol. The molecule has 12 rings (SSSR count). The van der Waals surface area contributed by atoms with Crippen molar-refractivity contribution in [1.82, 2.24) is 0 Å². The molecule has 0 aliphatic carbocycles. The summed E-state index contributed by atoms with van der Waals surface area (Å²) in [5.74, 6) is 1.44. The van der Waals surface area contributed by atoms with Crippen LogP contribution >= 0.6 is 65.6 Å². The molecule has 4 heterocycles. The van der Waals surface area contributed by atoms with E-state index in [-0.39, 0.29) is 51.8 Å². The fraction of sp³-hybridized carbons (Fsp3) is 0.127. The van der Waals surface area contributed by atoms with Gasteiger partial charge in [0.2, 0.25) is 19.7 Å². The van der Waals surface area contributed by atoms with Crippen LogP contribution in [-0.4, -0.2) is 16.8 Å². The lowest BCUT2D eigenvalue weighted by Crippen LogP contribution is -2.30. The van der Waals surface area contributed by atoms with Crippen LogP contribution in [0.1, 0.15) is 57.4 Å². The zero-order valence-corrected chi connectivity index (χ0v) is 48.7. The molecule has 8 nitrogen and oxygen atoms in total. The number of benzene rings is 8. The Morgan fingerprint density at radius 2 is 0.819 bits per heavy atom. The Labute approximate surface area is 444 Å². The van der Waals surface area contributed by atoms with Crippen LogP contribution in [0.4, 0.5) is 28.4 Å². The summed E-state index contributed by atoms with van der Waals surface area (Å²) >= 11 is 3.29. The quantitative estimate of drug-likeness (QED) is 0.171. The maximum Gasteiger partial charge on any atom is 0.213 e. The number of ether oxygens (including phenoxy) is 2. The van der Waals surface area contributed by atoms with Gasteiger partial charge in [-0.25, -0.2) is 16.8 Å². The molecule has 4 unspecified atom stereocenters. The molecule has 370 valence electrons. The lowest BCUT2D eigenvalue weighted by Gasteiger charge is -2.42. The summed E-state index contributed by atoms with van der Waals surface area (Å²) in [6.45, 7) is 9.37. The maximum atomic E-state index is 13.2. The Kier molecular flexibility index (Phi) is 16.3. The summed E-state index contributed by atoms with van der Waals surface area (Å²) in [6, 6.07) is 57.4. The first-order chi connectivity index (χ1) is 33.8. The van der Waals surface area contributed by atoms with Crippen molar-refractivity contribution in [2.45, 2.75) is 65.5 Å². The number of nitrogens with one attached hydrogen (secondary N) is 1. The molecule has 0 saturated heterocycles. The van der Waals surface area contributed by atoms with Crippen LogP contribution in [-0.2, 0) is 30.5 Å². The van der Waals surface area contributed by atoms with Gasteiger partial charge in [-0.15, -0.1) is 35.7 Å². The van der Waals surface area contributed by atoms with E-state index >= 15 is 0 Å². The molecule has 0 fully saturated rings. The summed E-state index contributed by atoms with van der Waals surface area (Å²) in [6.07, 6.45) is 0. The van der Waals surface area contributed by atoms with Gasteiger partial charge in [0, 0.05) is 38.4 Å². The molecule has 0 aromatic heterocycles. The second-order valence-corrected chi connectivity index (χ2v) is 42.4. The Morgan fingerprint density at radius 3 is 1.29 bits per heavy atom. The Bertz CT molecular complexity index is 3480. The van der Waals surface area contributed by atoms with Crippen molar-refractivity contribution in [3.63, 3.8) is 0 Å². The third-order valence-corrected chi connectivity index (χ3v) is 38.3. The highest BCUT2D eigenvalue weighted by atomic mass is 79.9. The maximum absolute atomic E-state index is 13.2. The Balaban J connectivity index is 0.000000146. The van der Waals surface area contributed by atoms with E-state index in [1.807, 2.05) is 24.3 Å². The number of fused-ring (bicyclic) bond motifs is 8. The summed E-state index contributed by atoms with van der Waals surface area (Å²) in [4.78, 5) is 3.01. The molecule has 0 spiro atoms. The average molecular weight is 1170 g/mol. The first kappa shape index (κ1) is 54.2. The molecule has 0 amide bonds. The van der Waals surface area contributed by atoms with Crippen molar-refractivity contribution in [3.05, 3.63) is 209 Å². The molecular weight excluding hydrogens is 1110 g/mol. The Hall–Kier alpha value is -4.08. The van der Waals surface area contributed by atoms with Crippen molar-refractivity contribution in [1.29, 1.82) is 0 Å². The van der Waals surface area contributed by atoms with Crippen LogP contribution in [0.25, 0.3) is 0 Å². The van der Waals surface area contributed by atoms with Gasteiger partial charge < -0.3 is 19.7 Å². The fourth-order valence-electron chi connectivity index (χ4n) is 9.22. The van der Waals surface area contributed by atoms with E-state index in [9.17, 15) is 16.8 Å².